The summed E-state index contributed by atoms with van der Waals surface area (Å²) in [6.45, 7) is 1.68. The molecule has 4 N–H and O–H groups in total. The first-order valence-electron chi connectivity index (χ1n) is 15.2. The van der Waals surface area contributed by atoms with Gasteiger partial charge in [-0.3, -0.25) is 0 Å². The van der Waals surface area contributed by atoms with E-state index in [9.17, 15) is 20.4 Å². The Morgan fingerprint density at radius 2 is 1.60 bits per heavy atom. The molecule has 9 heteroatoms. The fourth-order valence-electron chi connectivity index (χ4n) is 7.77. The molecule has 8 nitrogen and oxygen atoms in total. The Balaban J connectivity index is 1.20. The maximum atomic E-state index is 10.3. The average molecular weight is 613 g/mol. The number of ether oxygens (including phenoxy) is 4. The van der Waals surface area contributed by atoms with Crippen LogP contribution in [0.25, 0.3) is 11.8 Å². The molecule has 0 spiro atoms. The summed E-state index contributed by atoms with van der Waals surface area (Å²) in [7, 11) is 1.75. The van der Waals surface area contributed by atoms with Gasteiger partial charge in [0.1, 0.15) is 48.3 Å². The first-order valence-corrected chi connectivity index (χ1v) is 15.6. The highest BCUT2D eigenvalue weighted by Crippen LogP contribution is 2.58. The number of hydrogen-bond donors (Lipinski definition) is 4. The molecule has 4 aliphatic carbocycles. The van der Waals surface area contributed by atoms with E-state index in [0.717, 1.165) is 34.3 Å². The van der Waals surface area contributed by atoms with Crippen molar-refractivity contribution in [2.75, 3.05) is 13.7 Å². The van der Waals surface area contributed by atoms with Crippen LogP contribution in [0.2, 0.25) is 5.02 Å². The lowest BCUT2D eigenvalue weighted by Crippen LogP contribution is -2.60. The highest BCUT2D eigenvalue weighted by atomic mass is 35.5. The van der Waals surface area contributed by atoms with Crippen molar-refractivity contribution in [3.05, 3.63) is 69.8 Å². The zero-order chi connectivity index (χ0) is 30.2. The quantitative estimate of drug-likeness (QED) is 0.294. The molecule has 1 aliphatic heterocycles. The standard InChI is InChI=1S/C34H41ClO8/c1-3-4-21-7-10-25(33(40-2)27-22-12-19-11-20(14-22)15-23(27)13-19)28(35)32(21)41-17-18-5-8-24(9-6-18)42-34-31(39)30(38)29(37)26(16-36)43-34/h3-10,19-20,22-23,26,29-31,34,36-39H,11-17H2,1-2H3/b4-3+,33-27?/t19?,20?,22?,23?,26-,29+,30+,31?,34-/m1/s1. The van der Waals surface area contributed by atoms with E-state index < -0.39 is 37.3 Å². The SMILES string of the molecule is C/C=C/c1ccc(C(OC)=C2C3CC4CC(C3)CC2C4)c(Cl)c1OCc1ccc(O[C@@H]2O[C@H](CO)[C@H](O)[C@H](O)C2O)cc1. The van der Waals surface area contributed by atoms with Crippen LogP contribution in [0.3, 0.4) is 0 Å². The smallest absolute Gasteiger partial charge is 0.229 e. The molecule has 43 heavy (non-hydrogen) atoms. The van der Waals surface area contributed by atoms with Gasteiger partial charge >= 0.3 is 0 Å². The van der Waals surface area contributed by atoms with Crippen molar-refractivity contribution < 1.29 is 39.4 Å². The monoisotopic (exact) mass is 612 g/mol. The topological polar surface area (TPSA) is 118 Å². The van der Waals surface area contributed by atoms with Crippen LogP contribution in [0, 0.1) is 23.7 Å². The van der Waals surface area contributed by atoms with E-state index in [2.05, 4.69) is 0 Å². The second-order valence-electron chi connectivity index (χ2n) is 12.4. The van der Waals surface area contributed by atoms with Crippen LogP contribution in [-0.2, 0) is 16.1 Å². The van der Waals surface area contributed by atoms with Gasteiger partial charge in [-0.15, -0.1) is 0 Å². The summed E-state index contributed by atoms with van der Waals surface area (Å²) in [6, 6.07) is 11.1. The van der Waals surface area contributed by atoms with Crippen LogP contribution in [0.5, 0.6) is 11.5 Å². The molecule has 1 saturated heterocycles. The van der Waals surface area contributed by atoms with Crippen LogP contribution >= 0.6 is 11.6 Å². The maximum Gasteiger partial charge on any atom is 0.229 e. The number of aliphatic hydroxyl groups is 4. The van der Waals surface area contributed by atoms with Gasteiger partial charge in [-0.1, -0.05) is 42.0 Å². The van der Waals surface area contributed by atoms with Crippen LogP contribution in [0.15, 0.2) is 48.0 Å². The van der Waals surface area contributed by atoms with Crippen molar-refractivity contribution in [3.63, 3.8) is 0 Å². The Labute approximate surface area is 257 Å². The van der Waals surface area contributed by atoms with Crippen molar-refractivity contribution in [2.24, 2.45) is 23.7 Å². The van der Waals surface area contributed by atoms with E-state index >= 15 is 0 Å². The molecular formula is C34H41ClO8. The number of allylic oxidation sites excluding steroid dienone is 2. The number of benzene rings is 2. The summed E-state index contributed by atoms with van der Waals surface area (Å²) in [5.41, 5.74) is 4.05. The molecule has 232 valence electrons. The molecule has 1 unspecified atom stereocenters. The molecular weight excluding hydrogens is 572 g/mol. The van der Waals surface area contributed by atoms with Gasteiger partial charge in [0.05, 0.1) is 18.7 Å². The Kier molecular flexibility index (Phi) is 9.06. The summed E-state index contributed by atoms with van der Waals surface area (Å²) in [5, 5.41) is 40.3. The van der Waals surface area contributed by atoms with E-state index in [1.807, 2.05) is 43.3 Å². The van der Waals surface area contributed by atoms with Crippen LogP contribution in [0.4, 0.5) is 0 Å². The summed E-state index contributed by atoms with van der Waals surface area (Å²) >= 11 is 7.11. The highest BCUT2D eigenvalue weighted by Gasteiger charge is 2.47. The molecule has 2 aromatic carbocycles. The Hall–Kier alpha value is -2.59. The number of methoxy groups -OCH3 is 1. The first-order chi connectivity index (χ1) is 20.8. The van der Waals surface area contributed by atoms with Gasteiger partial charge in [0.25, 0.3) is 0 Å². The summed E-state index contributed by atoms with van der Waals surface area (Å²) in [5.74, 6) is 4.74. The number of halogens is 1. The molecule has 0 amide bonds. The van der Waals surface area contributed by atoms with Crippen molar-refractivity contribution >= 4 is 23.4 Å². The summed E-state index contributed by atoms with van der Waals surface area (Å²) < 4.78 is 23.6. The molecule has 4 saturated carbocycles. The lowest BCUT2D eigenvalue weighted by atomic mass is 9.54. The zero-order valence-corrected chi connectivity index (χ0v) is 25.3. The number of hydrogen-bond acceptors (Lipinski definition) is 8. The average Bonchev–Trinajstić information content (AvgIpc) is 3.00. The van der Waals surface area contributed by atoms with Gasteiger partial charge in [-0.2, -0.15) is 0 Å². The lowest BCUT2D eigenvalue weighted by Gasteiger charge is -2.51. The van der Waals surface area contributed by atoms with E-state index in [4.69, 9.17) is 30.5 Å². The van der Waals surface area contributed by atoms with Crippen molar-refractivity contribution in [3.8, 4) is 11.5 Å². The van der Waals surface area contributed by atoms with Crippen LogP contribution in [0.1, 0.15) is 55.7 Å². The largest absolute Gasteiger partial charge is 0.496 e. The third-order valence-electron chi connectivity index (χ3n) is 9.61. The molecule has 2 aromatic rings. The van der Waals surface area contributed by atoms with Gasteiger partial charge < -0.3 is 39.4 Å². The molecule has 5 aliphatic rings. The summed E-state index contributed by atoms with van der Waals surface area (Å²) in [6.07, 6.45) is 3.61. The number of rotatable bonds is 9. The predicted molar refractivity (Wildman–Crippen MR) is 162 cm³/mol. The molecule has 0 aromatic heterocycles. The Morgan fingerprint density at radius 1 is 0.930 bits per heavy atom. The van der Waals surface area contributed by atoms with E-state index in [1.165, 1.54) is 37.7 Å². The molecule has 0 radical (unpaired) electrons. The normalized spacial score (nSPS) is 33.2. The van der Waals surface area contributed by atoms with Gasteiger partial charge in [0.15, 0.2) is 0 Å². The van der Waals surface area contributed by atoms with Crippen molar-refractivity contribution in [1.82, 2.24) is 0 Å². The first kappa shape index (κ1) is 30.4. The maximum absolute atomic E-state index is 10.3. The van der Waals surface area contributed by atoms with Gasteiger partial charge in [-0.25, -0.2) is 0 Å². The minimum absolute atomic E-state index is 0.252. The molecule has 5 fully saturated rings. The predicted octanol–water partition coefficient (Wildman–Crippen LogP) is 4.94. The highest BCUT2D eigenvalue weighted by molar-refractivity contribution is 6.34. The third-order valence-corrected chi connectivity index (χ3v) is 9.98. The molecule has 4 bridgehead atoms. The molecule has 1 heterocycles. The van der Waals surface area contributed by atoms with Gasteiger partial charge in [0, 0.05) is 11.1 Å². The minimum atomic E-state index is -1.51. The Bertz CT molecular complexity index is 1320. The fourth-order valence-corrected chi connectivity index (χ4v) is 8.08. The van der Waals surface area contributed by atoms with E-state index in [-0.39, 0.29) is 6.61 Å². The summed E-state index contributed by atoms with van der Waals surface area (Å²) in [4.78, 5) is 0. The van der Waals surface area contributed by atoms with E-state index in [0.29, 0.717) is 28.4 Å². The molecule has 7 rings (SSSR count). The van der Waals surface area contributed by atoms with Crippen LogP contribution in [-0.4, -0.2) is 64.8 Å². The Morgan fingerprint density at radius 3 is 2.21 bits per heavy atom. The third kappa shape index (κ3) is 5.93. The van der Waals surface area contributed by atoms with E-state index in [1.54, 1.807) is 19.2 Å². The van der Waals surface area contributed by atoms with Gasteiger partial charge in [-0.05, 0) is 92.0 Å². The minimum Gasteiger partial charge on any atom is -0.496 e. The van der Waals surface area contributed by atoms with Crippen molar-refractivity contribution in [1.29, 1.82) is 0 Å². The second kappa shape index (κ2) is 12.8. The number of aliphatic hydroxyl groups excluding tert-OH is 4. The second-order valence-corrected chi connectivity index (χ2v) is 12.8. The van der Waals surface area contributed by atoms with Gasteiger partial charge in [0.2, 0.25) is 6.29 Å². The fraction of sp³-hybridized carbons (Fsp3) is 0.529. The van der Waals surface area contributed by atoms with Crippen molar-refractivity contribution in [2.45, 2.75) is 76.3 Å². The lowest BCUT2D eigenvalue weighted by molar-refractivity contribution is -0.277. The zero-order valence-electron chi connectivity index (χ0n) is 24.6. The van der Waals surface area contributed by atoms with Crippen LogP contribution < -0.4 is 9.47 Å². The molecule has 5 atom stereocenters.